The molecule has 1 amide bonds. The van der Waals surface area contributed by atoms with Crippen molar-refractivity contribution in [3.05, 3.63) is 43.2 Å². The maximum Gasteiger partial charge on any atom is 0.379 e. The van der Waals surface area contributed by atoms with Gasteiger partial charge in [-0.15, -0.1) is 0 Å². The average Bonchev–Trinajstić information content (AvgIpc) is 2.97. The standard InChI is InChI=1S/C12H11N2O3.C3H6O2.C3H8.B.Y/c1-8-10(13-12(15)16-2)11(14-17-8)9-6-4-3-5-7-9;1-2-3(4)5;1-3-2;;/h3-7H,2H2,1H3,(H,13,15);2H2,1H3,(H,4,5);3H2,1-2H3;;/q-1;;;;. The summed E-state index contributed by atoms with van der Waals surface area (Å²) in [6, 6.07) is 9.40. The Bertz CT molecular complexity index is 650. The summed E-state index contributed by atoms with van der Waals surface area (Å²) in [6.07, 6.45) is 0.813. The van der Waals surface area contributed by atoms with Crippen LogP contribution in [-0.4, -0.2) is 30.7 Å². The van der Waals surface area contributed by atoms with Gasteiger partial charge in [0.05, 0.1) is 0 Å². The largest absolute Gasteiger partial charge is 0.624 e. The molecule has 27 heavy (non-hydrogen) atoms. The van der Waals surface area contributed by atoms with Crippen LogP contribution >= 0.6 is 0 Å². The number of aliphatic carboxylic acids is 1. The zero-order valence-corrected chi connectivity index (χ0v) is 19.0. The molecule has 0 unspecified atom stereocenters. The number of nitrogens with zero attached hydrogens (tertiary/aromatic N) is 1. The topological polar surface area (TPSA) is 102 Å². The van der Waals surface area contributed by atoms with Gasteiger partial charge >= 0.3 is 12.1 Å². The number of carboxylic acid groups (broad SMARTS) is 1. The van der Waals surface area contributed by atoms with E-state index in [-0.39, 0.29) is 47.5 Å². The van der Waals surface area contributed by atoms with Crippen molar-refractivity contribution in [3.8, 4) is 11.3 Å². The van der Waals surface area contributed by atoms with Gasteiger partial charge < -0.3 is 14.4 Å². The van der Waals surface area contributed by atoms with E-state index in [1.54, 1.807) is 13.8 Å². The van der Waals surface area contributed by atoms with Crippen molar-refractivity contribution >= 4 is 26.2 Å². The second-order valence-electron chi connectivity index (χ2n) is 4.84. The van der Waals surface area contributed by atoms with Crippen LogP contribution in [0.2, 0.25) is 0 Å². The Morgan fingerprint density at radius 2 is 1.70 bits per heavy atom. The predicted octanol–water partition coefficient (Wildman–Crippen LogP) is 4.50. The van der Waals surface area contributed by atoms with Crippen molar-refractivity contribution in [2.75, 3.05) is 5.32 Å². The van der Waals surface area contributed by atoms with Gasteiger partial charge in [0.15, 0.2) is 5.76 Å². The molecule has 0 bridgehead atoms. The third kappa shape index (κ3) is 12.4. The van der Waals surface area contributed by atoms with E-state index in [1.165, 1.54) is 6.42 Å². The average molecular weight is 449 g/mol. The molecule has 0 spiro atoms. The number of benzene rings is 1. The monoisotopic (exact) mass is 449 g/mol. The second kappa shape index (κ2) is 17.7. The number of amides is 1. The van der Waals surface area contributed by atoms with Crippen LogP contribution in [0.25, 0.3) is 11.3 Å². The first-order valence-corrected chi connectivity index (χ1v) is 7.87. The normalized spacial score (nSPS) is 8.33. The second-order valence-corrected chi connectivity index (χ2v) is 4.84. The van der Waals surface area contributed by atoms with Gasteiger partial charge in [0.1, 0.15) is 11.4 Å². The Hall–Kier alpha value is -1.66. The fraction of sp³-hybridized carbons (Fsp3) is 0.333. The zero-order valence-electron chi connectivity index (χ0n) is 16.2. The molecule has 1 aromatic carbocycles. The van der Waals surface area contributed by atoms with Crippen molar-refractivity contribution in [1.82, 2.24) is 5.16 Å². The fourth-order valence-electron chi connectivity index (χ4n) is 1.45. The summed E-state index contributed by atoms with van der Waals surface area (Å²) in [7, 11) is 3.04. The number of anilines is 1. The van der Waals surface area contributed by atoms with E-state index in [1.807, 2.05) is 30.3 Å². The minimum atomic E-state index is -0.745. The van der Waals surface area contributed by atoms with Crippen LogP contribution in [0.3, 0.4) is 0 Å². The molecule has 0 aliphatic carbocycles. The van der Waals surface area contributed by atoms with Gasteiger partial charge in [0.25, 0.3) is 0 Å². The van der Waals surface area contributed by atoms with Crippen LogP contribution in [0.1, 0.15) is 39.4 Å². The molecule has 1 aromatic heterocycles. The summed E-state index contributed by atoms with van der Waals surface area (Å²) < 4.78 is 9.35. The first-order valence-electron chi connectivity index (χ1n) is 7.87. The minimum absolute atomic E-state index is 0. The number of rotatable bonds is 3. The summed E-state index contributed by atoms with van der Waals surface area (Å²) in [5, 5.41) is 14.2. The van der Waals surface area contributed by atoms with Crippen LogP contribution in [-0.2, 0) is 42.2 Å². The van der Waals surface area contributed by atoms with Gasteiger partial charge in [0.2, 0.25) is 0 Å². The molecule has 2 N–H and O–H groups in total. The number of aromatic nitrogens is 1. The van der Waals surface area contributed by atoms with E-state index in [0.717, 1.165) is 5.56 Å². The van der Waals surface area contributed by atoms with E-state index < -0.39 is 12.1 Å². The number of ether oxygens (including phenoxy) is 1. The maximum atomic E-state index is 11.1. The molecule has 0 aliphatic heterocycles. The molecular weight excluding hydrogens is 424 g/mol. The molecular formula is C18H25BN2O5Y-. The van der Waals surface area contributed by atoms with Gasteiger partial charge in [-0.05, 0) is 6.92 Å². The fourth-order valence-corrected chi connectivity index (χ4v) is 1.45. The molecule has 9 heteroatoms. The molecule has 0 saturated carbocycles. The molecule has 144 valence electrons. The maximum absolute atomic E-state index is 11.1. The first kappa shape index (κ1) is 30.1. The molecule has 0 atom stereocenters. The van der Waals surface area contributed by atoms with Crippen molar-refractivity contribution in [2.24, 2.45) is 0 Å². The smallest absolute Gasteiger partial charge is 0.379 e. The Balaban J connectivity index is -0.000000496. The van der Waals surface area contributed by atoms with Crippen LogP contribution < -0.4 is 5.32 Å². The molecule has 2 rings (SSSR count). The third-order valence-electron chi connectivity index (χ3n) is 2.57. The van der Waals surface area contributed by atoms with Gasteiger partial charge in [0, 0.05) is 53.1 Å². The van der Waals surface area contributed by atoms with Gasteiger partial charge in [-0.25, -0.2) is 4.79 Å². The number of carbonyl (C=O) groups excluding carboxylic acids is 1. The van der Waals surface area contributed by atoms with E-state index in [9.17, 15) is 9.59 Å². The van der Waals surface area contributed by atoms with E-state index >= 15 is 0 Å². The van der Waals surface area contributed by atoms with Gasteiger partial charge in [-0.1, -0.05) is 62.7 Å². The quantitative estimate of drug-likeness (QED) is 0.529. The molecule has 2 aromatic rings. The minimum Gasteiger partial charge on any atom is -0.624 e. The Morgan fingerprint density at radius 3 is 2.11 bits per heavy atom. The Morgan fingerprint density at radius 1 is 1.22 bits per heavy atom. The van der Waals surface area contributed by atoms with E-state index in [4.69, 9.17) is 9.63 Å². The first-order chi connectivity index (χ1) is 11.9. The number of aryl methyl sites for hydroxylation is 1. The van der Waals surface area contributed by atoms with Crippen molar-refractivity contribution in [2.45, 2.75) is 40.5 Å². The zero-order chi connectivity index (χ0) is 19.2. The van der Waals surface area contributed by atoms with Gasteiger partial charge in [-0.3, -0.25) is 10.1 Å². The molecule has 7 nitrogen and oxygen atoms in total. The van der Waals surface area contributed by atoms with E-state index in [0.29, 0.717) is 17.1 Å². The van der Waals surface area contributed by atoms with Crippen LogP contribution in [0.15, 0.2) is 34.9 Å². The Kier molecular flexibility index (Phi) is 19.8. The van der Waals surface area contributed by atoms with Crippen LogP contribution in [0.4, 0.5) is 10.5 Å². The molecule has 0 fully saturated rings. The number of hydrogen-bond acceptors (Lipinski definition) is 5. The van der Waals surface area contributed by atoms with E-state index in [2.05, 4.69) is 36.2 Å². The van der Waals surface area contributed by atoms with Gasteiger partial charge in [-0.2, -0.15) is 7.11 Å². The summed E-state index contributed by atoms with van der Waals surface area (Å²) >= 11 is 0. The van der Waals surface area contributed by atoms with Crippen molar-refractivity contribution < 1.29 is 56.7 Å². The number of hydrogen-bond donors (Lipinski definition) is 2. The molecule has 1 heterocycles. The SMILES string of the molecule is CCC.CCC(=O)O.[B].[CH2-]OC(=O)Nc1c(-c2ccccc2)noc1C.[Y]. The van der Waals surface area contributed by atoms with Crippen LogP contribution in [0, 0.1) is 14.0 Å². The predicted molar refractivity (Wildman–Crippen MR) is 102 cm³/mol. The number of carboxylic acids is 1. The van der Waals surface area contributed by atoms with Crippen molar-refractivity contribution in [1.29, 1.82) is 0 Å². The molecule has 0 aliphatic rings. The summed E-state index contributed by atoms with van der Waals surface area (Å²) in [5.74, 6) is -0.237. The molecule has 0 saturated heterocycles. The summed E-state index contributed by atoms with van der Waals surface area (Å²) in [4.78, 5) is 20.5. The van der Waals surface area contributed by atoms with Crippen molar-refractivity contribution in [3.63, 3.8) is 0 Å². The third-order valence-corrected chi connectivity index (χ3v) is 2.57. The summed E-state index contributed by atoms with van der Waals surface area (Å²) in [6.45, 7) is 7.56. The Labute approximate surface area is 187 Å². The van der Waals surface area contributed by atoms with Crippen LogP contribution in [0.5, 0.6) is 0 Å². The summed E-state index contributed by atoms with van der Waals surface area (Å²) in [5.41, 5.74) is 1.90. The molecule has 4 radical (unpaired) electrons. The number of nitrogens with one attached hydrogen (secondary N) is 1. The number of carbonyl (C=O) groups is 2.